The summed E-state index contributed by atoms with van der Waals surface area (Å²) in [4.78, 5) is 13.3. The Hall–Kier alpha value is -1.66. The maximum Gasteiger partial charge on any atom is 0.234 e. The maximum absolute atomic E-state index is 12.7. The first-order valence-corrected chi connectivity index (χ1v) is 7.07. The van der Waals surface area contributed by atoms with Crippen LogP contribution in [0, 0.1) is 5.82 Å². The molecule has 1 fully saturated rings. The molecule has 0 aromatic heterocycles. The van der Waals surface area contributed by atoms with Crippen molar-refractivity contribution in [3.63, 3.8) is 0 Å². The molecule has 21 heavy (non-hydrogen) atoms. The number of halogens is 1. The lowest BCUT2D eigenvalue weighted by molar-refractivity contribution is -0.122. The lowest BCUT2D eigenvalue weighted by Crippen LogP contribution is -2.40. The monoisotopic (exact) mass is 296 g/mol. The number of aliphatic hydroxyl groups is 1. The standard InChI is InChI=1S/C15H21FN2O3/c1-18(9-15(20)17-12-4-5-12)8-13(19)10-21-14-6-2-11(16)3-7-14/h2-3,6-7,12-13,19H,4-5,8-10H2,1H3,(H,17,20). The van der Waals surface area contributed by atoms with Gasteiger partial charge in [-0.15, -0.1) is 0 Å². The first kappa shape index (κ1) is 15.7. The quantitative estimate of drug-likeness (QED) is 0.744. The number of benzene rings is 1. The first-order valence-electron chi connectivity index (χ1n) is 7.07. The van der Waals surface area contributed by atoms with E-state index in [9.17, 15) is 14.3 Å². The van der Waals surface area contributed by atoms with Crippen LogP contribution < -0.4 is 10.1 Å². The summed E-state index contributed by atoms with van der Waals surface area (Å²) in [6, 6.07) is 5.97. The average Bonchev–Trinajstić information content (AvgIpc) is 3.21. The molecule has 1 aliphatic rings. The van der Waals surface area contributed by atoms with E-state index < -0.39 is 6.10 Å². The van der Waals surface area contributed by atoms with Crippen LogP contribution in [0.15, 0.2) is 24.3 Å². The number of rotatable bonds is 8. The van der Waals surface area contributed by atoms with E-state index in [1.165, 1.54) is 24.3 Å². The number of ether oxygens (including phenoxy) is 1. The molecule has 1 atom stereocenters. The molecular formula is C15H21FN2O3. The van der Waals surface area contributed by atoms with Gasteiger partial charge in [-0.1, -0.05) is 0 Å². The molecule has 1 unspecified atom stereocenters. The van der Waals surface area contributed by atoms with Gasteiger partial charge in [-0.25, -0.2) is 4.39 Å². The minimum atomic E-state index is -0.714. The summed E-state index contributed by atoms with van der Waals surface area (Å²) in [6.45, 7) is 0.684. The van der Waals surface area contributed by atoms with E-state index in [1.807, 2.05) is 0 Å². The van der Waals surface area contributed by atoms with E-state index in [4.69, 9.17) is 4.74 Å². The summed E-state index contributed by atoms with van der Waals surface area (Å²) in [6.07, 6.45) is 1.40. The smallest absolute Gasteiger partial charge is 0.234 e. The van der Waals surface area contributed by atoms with Gasteiger partial charge in [0.25, 0.3) is 0 Å². The third-order valence-electron chi connectivity index (χ3n) is 3.13. The van der Waals surface area contributed by atoms with E-state index in [0.717, 1.165) is 12.8 Å². The van der Waals surface area contributed by atoms with Crippen molar-refractivity contribution in [3.05, 3.63) is 30.1 Å². The Morgan fingerprint density at radius 2 is 2.14 bits per heavy atom. The average molecular weight is 296 g/mol. The van der Waals surface area contributed by atoms with Crippen LogP contribution in [0.4, 0.5) is 4.39 Å². The van der Waals surface area contributed by atoms with Gasteiger partial charge in [-0.3, -0.25) is 9.69 Å². The second-order valence-electron chi connectivity index (χ2n) is 5.46. The molecule has 0 saturated heterocycles. The molecule has 0 bridgehead atoms. The Morgan fingerprint density at radius 1 is 1.48 bits per heavy atom. The zero-order valence-corrected chi connectivity index (χ0v) is 12.1. The first-order chi connectivity index (χ1) is 10.0. The highest BCUT2D eigenvalue weighted by atomic mass is 19.1. The van der Waals surface area contributed by atoms with E-state index >= 15 is 0 Å². The second kappa shape index (κ2) is 7.38. The lowest BCUT2D eigenvalue weighted by Gasteiger charge is -2.20. The molecule has 0 radical (unpaired) electrons. The number of hydrogen-bond acceptors (Lipinski definition) is 4. The van der Waals surface area contributed by atoms with E-state index in [2.05, 4.69) is 5.32 Å². The van der Waals surface area contributed by atoms with Gasteiger partial charge >= 0.3 is 0 Å². The topological polar surface area (TPSA) is 61.8 Å². The Bertz CT molecular complexity index is 462. The number of carbonyl (C=O) groups is 1. The second-order valence-corrected chi connectivity index (χ2v) is 5.46. The van der Waals surface area contributed by atoms with Crippen molar-refractivity contribution in [2.75, 3.05) is 26.7 Å². The molecule has 116 valence electrons. The van der Waals surface area contributed by atoms with Crippen molar-refractivity contribution >= 4 is 5.91 Å². The summed E-state index contributed by atoms with van der Waals surface area (Å²) >= 11 is 0. The number of hydrogen-bond donors (Lipinski definition) is 2. The molecule has 1 saturated carbocycles. The predicted octanol–water partition coefficient (Wildman–Crippen LogP) is 0.776. The molecule has 0 aliphatic heterocycles. The van der Waals surface area contributed by atoms with E-state index in [0.29, 0.717) is 18.3 Å². The van der Waals surface area contributed by atoms with Gasteiger partial charge in [0.15, 0.2) is 0 Å². The molecular weight excluding hydrogens is 275 g/mol. The highest BCUT2D eigenvalue weighted by Gasteiger charge is 2.23. The summed E-state index contributed by atoms with van der Waals surface area (Å²) < 4.78 is 18.1. The molecule has 1 aromatic carbocycles. The molecule has 1 aliphatic carbocycles. The Morgan fingerprint density at radius 3 is 2.76 bits per heavy atom. The van der Waals surface area contributed by atoms with Crippen LogP contribution in [0.5, 0.6) is 5.75 Å². The minimum absolute atomic E-state index is 0.0216. The van der Waals surface area contributed by atoms with Gasteiger partial charge < -0.3 is 15.2 Å². The van der Waals surface area contributed by atoms with E-state index in [1.54, 1.807) is 11.9 Å². The molecule has 1 aromatic rings. The molecule has 2 N–H and O–H groups in total. The predicted molar refractivity (Wildman–Crippen MR) is 76.6 cm³/mol. The van der Waals surface area contributed by atoms with Crippen molar-refractivity contribution in [3.8, 4) is 5.75 Å². The van der Waals surface area contributed by atoms with Crippen LogP contribution in [0.2, 0.25) is 0 Å². The molecule has 2 rings (SSSR count). The highest BCUT2D eigenvalue weighted by Crippen LogP contribution is 2.18. The highest BCUT2D eigenvalue weighted by molar-refractivity contribution is 5.78. The fourth-order valence-corrected chi connectivity index (χ4v) is 1.95. The molecule has 0 heterocycles. The lowest BCUT2D eigenvalue weighted by atomic mass is 10.3. The van der Waals surface area contributed by atoms with Gasteiger partial charge in [0, 0.05) is 12.6 Å². The van der Waals surface area contributed by atoms with Crippen LogP contribution in [0.1, 0.15) is 12.8 Å². The van der Waals surface area contributed by atoms with Gasteiger partial charge in [-0.2, -0.15) is 0 Å². The number of amides is 1. The minimum Gasteiger partial charge on any atom is -0.491 e. The SMILES string of the molecule is CN(CC(=O)NC1CC1)CC(O)COc1ccc(F)cc1. The van der Waals surface area contributed by atoms with Crippen molar-refractivity contribution in [2.45, 2.75) is 25.0 Å². The van der Waals surface area contributed by atoms with Crippen LogP contribution in [-0.4, -0.2) is 54.8 Å². The fourth-order valence-electron chi connectivity index (χ4n) is 1.95. The number of nitrogens with zero attached hydrogens (tertiary/aromatic N) is 1. The third kappa shape index (κ3) is 6.10. The Balaban J connectivity index is 1.64. The summed E-state index contributed by atoms with van der Waals surface area (Å²) in [5.41, 5.74) is 0. The van der Waals surface area contributed by atoms with Gasteiger partial charge in [0.2, 0.25) is 5.91 Å². The maximum atomic E-state index is 12.7. The van der Waals surface area contributed by atoms with Gasteiger partial charge in [0.1, 0.15) is 24.3 Å². The molecule has 0 spiro atoms. The van der Waals surface area contributed by atoms with E-state index in [-0.39, 0.29) is 24.9 Å². The van der Waals surface area contributed by atoms with Gasteiger partial charge in [-0.05, 0) is 44.2 Å². The van der Waals surface area contributed by atoms with Crippen LogP contribution in [0.25, 0.3) is 0 Å². The summed E-state index contributed by atoms with van der Waals surface area (Å²) in [7, 11) is 1.77. The van der Waals surface area contributed by atoms with Crippen molar-refractivity contribution < 1.29 is 19.0 Å². The molecule has 6 heteroatoms. The van der Waals surface area contributed by atoms with Crippen molar-refractivity contribution in [2.24, 2.45) is 0 Å². The van der Waals surface area contributed by atoms with Crippen molar-refractivity contribution in [1.29, 1.82) is 0 Å². The zero-order chi connectivity index (χ0) is 15.2. The number of likely N-dealkylation sites (N-methyl/N-ethyl adjacent to an activating group) is 1. The molecule has 5 nitrogen and oxygen atoms in total. The zero-order valence-electron chi connectivity index (χ0n) is 12.1. The van der Waals surface area contributed by atoms with Crippen molar-refractivity contribution in [1.82, 2.24) is 10.2 Å². The largest absolute Gasteiger partial charge is 0.491 e. The fraction of sp³-hybridized carbons (Fsp3) is 0.533. The number of nitrogens with one attached hydrogen (secondary N) is 1. The Labute approximate surface area is 123 Å². The number of aliphatic hydroxyl groups excluding tert-OH is 1. The molecule has 1 amide bonds. The third-order valence-corrected chi connectivity index (χ3v) is 3.13. The summed E-state index contributed by atoms with van der Waals surface area (Å²) in [5, 5.41) is 12.8. The number of carbonyl (C=O) groups excluding carboxylic acids is 1. The Kier molecular flexibility index (Phi) is 5.52. The van der Waals surface area contributed by atoms with Gasteiger partial charge in [0.05, 0.1) is 6.54 Å². The summed E-state index contributed by atoms with van der Waals surface area (Å²) in [5.74, 6) is 0.153. The van der Waals surface area contributed by atoms with Crippen LogP contribution in [0.3, 0.4) is 0 Å². The van der Waals surface area contributed by atoms with Crippen LogP contribution in [-0.2, 0) is 4.79 Å². The van der Waals surface area contributed by atoms with Crippen LogP contribution >= 0.6 is 0 Å². The normalized spacial score (nSPS) is 15.8.